The number of carbonyl (C=O) groups is 1. The molecule has 0 aromatic carbocycles. The zero-order valence-corrected chi connectivity index (χ0v) is 22.0. The van der Waals surface area contributed by atoms with Crippen LogP contribution in [0.25, 0.3) is 11.2 Å². The number of aromatic nitrogens is 6. The van der Waals surface area contributed by atoms with E-state index in [2.05, 4.69) is 69.8 Å². The Bertz CT molecular complexity index is 1430. The first-order valence-electron chi connectivity index (χ1n) is 12.3. The van der Waals surface area contributed by atoms with Gasteiger partial charge in [-0.15, -0.1) is 0 Å². The second-order valence-corrected chi connectivity index (χ2v) is 10.1. The normalized spacial score (nSPS) is 18.9. The van der Waals surface area contributed by atoms with E-state index in [0.29, 0.717) is 17.2 Å². The molecule has 1 unspecified atom stereocenters. The zero-order chi connectivity index (χ0) is 26.6. The van der Waals surface area contributed by atoms with E-state index < -0.39 is 0 Å². The average Bonchev–Trinajstić information content (AvgIpc) is 3.50. The Morgan fingerprint density at radius 1 is 1.16 bits per heavy atom. The quantitative estimate of drug-likeness (QED) is 0.347. The van der Waals surface area contributed by atoms with E-state index in [9.17, 15) is 4.79 Å². The van der Waals surface area contributed by atoms with Crippen molar-refractivity contribution in [3.05, 3.63) is 90.1 Å². The Labute approximate surface area is 217 Å². The molecule has 0 saturated heterocycles. The monoisotopic (exact) mass is 498 g/mol. The molecule has 9 nitrogen and oxygen atoms in total. The van der Waals surface area contributed by atoms with Gasteiger partial charge in [-0.05, 0) is 55.7 Å². The minimum atomic E-state index is -0.298. The number of imidazole rings is 2. The van der Waals surface area contributed by atoms with Crippen LogP contribution < -0.4 is 11.2 Å². The van der Waals surface area contributed by atoms with Crippen LogP contribution in [0, 0.1) is 5.41 Å². The topological polar surface area (TPSA) is 117 Å². The number of nitrogens with one attached hydrogen (secondary N) is 1. The van der Waals surface area contributed by atoms with Gasteiger partial charge in [0.15, 0.2) is 17.0 Å². The van der Waals surface area contributed by atoms with Gasteiger partial charge in [-0.2, -0.15) is 0 Å². The molecule has 0 saturated carbocycles. The SMILES string of the molecule is CC1=C(/C=C/C(C)=C/C=C/C(C)=C/C(=O)Nn2cnc3c(N)ncnc32)C(C)(C)CCC1n1ccnc1. The van der Waals surface area contributed by atoms with Crippen molar-refractivity contribution >= 4 is 22.9 Å². The predicted octanol–water partition coefficient (Wildman–Crippen LogP) is 5.06. The van der Waals surface area contributed by atoms with Crippen LogP contribution in [0.4, 0.5) is 5.82 Å². The van der Waals surface area contributed by atoms with Crippen molar-refractivity contribution in [1.82, 2.24) is 29.2 Å². The van der Waals surface area contributed by atoms with Crippen LogP contribution in [-0.2, 0) is 4.79 Å². The van der Waals surface area contributed by atoms with Crippen molar-refractivity contribution < 1.29 is 4.79 Å². The average molecular weight is 499 g/mol. The number of amides is 1. The van der Waals surface area contributed by atoms with Gasteiger partial charge in [-0.3, -0.25) is 10.2 Å². The molecule has 192 valence electrons. The molecule has 1 atom stereocenters. The van der Waals surface area contributed by atoms with Crippen molar-refractivity contribution in [2.24, 2.45) is 5.41 Å². The minimum absolute atomic E-state index is 0.124. The fourth-order valence-electron chi connectivity index (χ4n) is 4.71. The van der Waals surface area contributed by atoms with Gasteiger partial charge in [-0.25, -0.2) is 24.6 Å². The fraction of sp³-hybridized carbons (Fsp3) is 0.321. The maximum Gasteiger partial charge on any atom is 0.263 e. The summed E-state index contributed by atoms with van der Waals surface area (Å²) in [5.41, 5.74) is 14.2. The molecule has 0 spiro atoms. The molecule has 3 heterocycles. The third kappa shape index (κ3) is 5.94. The number of anilines is 1. The molecule has 0 radical (unpaired) electrons. The van der Waals surface area contributed by atoms with E-state index in [4.69, 9.17) is 5.73 Å². The summed E-state index contributed by atoms with van der Waals surface area (Å²) in [4.78, 5) is 28.8. The second-order valence-electron chi connectivity index (χ2n) is 10.1. The predicted molar refractivity (Wildman–Crippen MR) is 147 cm³/mol. The molecular formula is C28H34N8O. The van der Waals surface area contributed by atoms with Crippen molar-refractivity contribution in [3.63, 3.8) is 0 Å². The molecule has 3 N–H and O–H groups in total. The lowest BCUT2D eigenvalue weighted by Crippen LogP contribution is -2.25. The minimum Gasteiger partial charge on any atom is -0.382 e. The van der Waals surface area contributed by atoms with Gasteiger partial charge < -0.3 is 10.3 Å². The number of nitrogens with zero attached hydrogens (tertiary/aromatic N) is 6. The van der Waals surface area contributed by atoms with E-state index in [1.807, 2.05) is 43.9 Å². The molecule has 4 rings (SSSR count). The Morgan fingerprint density at radius 3 is 2.73 bits per heavy atom. The first-order valence-corrected chi connectivity index (χ1v) is 12.3. The highest BCUT2D eigenvalue weighted by Gasteiger charge is 2.32. The summed E-state index contributed by atoms with van der Waals surface area (Å²) < 4.78 is 3.63. The molecule has 9 heteroatoms. The van der Waals surface area contributed by atoms with E-state index in [0.717, 1.165) is 24.0 Å². The third-order valence-electron chi connectivity index (χ3n) is 6.76. The molecule has 1 amide bonds. The maximum atomic E-state index is 12.4. The second kappa shape index (κ2) is 10.8. The Hall–Kier alpha value is -4.27. The van der Waals surface area contributed by atoms with Crippen molar-refractivity contribution in [2.75, 3.05) is 11.2 Å². The van der Waals surface area contributed by atoms with E-state index >= 15 is 0 Å². The van der Waals surface area contributed by atoms with Crippen LogP contribution in [0.3, 0.4) is 0 Å². The fourth-order valence-corrected chi connectivity index (χ4v) is 4.71. The lowest BCUT2D eigenvalue weighted by Gasteiger charge is -2.37. The van der Waals surface area contributed by atoms with E-state index in [1.54, 1.807) is 0 Å². The zero-order valence-electron chi connectivity index (χ0n) is 22.0. The summed E-state index contributed by atoms with van der Waals surface area (Å²) >= 11 is 0. The summed E-state index contributed by atoms with van der Waals surface area (Å²) in [6, 6.07) is 0.350. The van der Waals surface area contributed by atoms with Crippen LogP contribution in [0.1, 0.15) is 53.5 Å². The van der Waals surface area contributed by atoms with E-state index in [-0.39, 0.29) is 17.1 Å². The number of fused-ring (bicyclic) bond motifs is 1. The molecular weight excluding hydrogens is 464 g/mol. The highest BCUT2D eigenvalue weighted by atomic mass is 16.2. The molecule has 3 aromatic heterocycles. The summed E-state index contributed by atoms with van der Waals surface area (Å²) in [5, 5.41) is 0. The van der Waals surface area contributed by atoms with Gasteiger partial charge in [0, 0.05) is 18.5 Å². The van der Waals surface area contributed by atoms with Crippen LogP contribution >= 0.6 is 0 Å². The van der Waals surface area contributed by atoms with Crippen molar-refractivity contribution in [1.29, 1.82) is 0 Å². The van der Waals surface area contributed by atoms with Crippen molar-refractivity contribution in [3.8, 4) is 0 Å². The lowest BCUT2D eigenvalue weighted by molar-refractivity contribution is -0.112. The number of allylic oxidation sites excluding steroid dienone is 9. The smallest absolute Gasteiger partial charge is 0.263 e. The van der Waals surface area contributed by atoms with Gasteiger partial charge in [0.25, 0.3) is 5.91 Å². The molecule has 37 heavy (non-hydrogen) atoms. The highest BCUT2D eigenvalue weighted by Crippen LogP contribution is 2.45. The highest BCUT2D eigenvalue weighted by molar-refractivity contribution is 5.96. The molecule has 0 fully saturated rings. The summed E-state index contributed by atoms with van der Waals surface area (Å²) in [6.45, 7) is 10.8. The Balaban J connectivity index is 1.41. The lowest BCUT2D eigenvalue weighted by atomic mass is 9.71. The number of nitrogen functional groups attached to an aromatic ring is 1. The number of nitrogens with two attached hydrogens (primary N) is 1. The largest absolute Gasteiger partial charge is 0.382 e. The number of rotatable bonds is 7. The summed E-state index contributed by atoms with van der Waals surface area (Å²) in [6.07, 6.45) is 22.6. The third-order valence-corrected chi connectivity index (χ3v) is 6.76. The number of hydrogen-bond donors (Lipinski definition) is 2. The van der Waals surface area contributed by atoms with Gasteiger partial charge in [0.2, 0.25) is 0 Å². The Morgan fingerprint density at radius 2 is 1.97 bits per heavy atom. The van der Waals surface area contributed by atoms with Crippen LogP contribution in [-0.4, -0.2) is 35.1 Å². The van der Waals surface area contributed by atoms with Crippen LogP contribution in [0.15, 0.2) is 90.1 Å². The van der Waals surface area contributed by atoms with Gasteiger partial charge >= 0.3 is 0 Å². The van der Waals surface area contributed by atoms with Crippen LogP contribution in [0.2, 0.25) is 0 Å². The van der Waals surface area contributed by atoms with Crippen LogP contribution in [0.5, 0.6) is 0 Å². The number of hydrogen-bond acceptors (Lipinski definition) is 6. The van der Waals surface area contributed by atoms with Gasteiger partial charge in [0.1, 0.15) is 12.7 Å². The summed E-state index contributed by atoms with van der Waals surface area (Å²) in [5.74, 6) is -0.0333. The molecule has 0 aliphatic heterocycles. The van der Waals surface area contributed by atoms with Crippen molar-refractivity contribution in [2.45, 2.75) is 53.5 Å². The first-order chi connectivity index (χ1) is 17.7. The Kier molecular flexibility index (Phi) is 7.52. The number of carbonyl (C=O) groups excluding carboxylic acids is 1. The molecule has 0 bridgehead atoms. The molecule has 1 aliphatic rings. The molecule has 3 aromatic rings. The molecule has 1 aliphatic carbocycles. The first kappa shape index (κ1) is 25.8. The van der Waals surface area contributed by atoms with Gasteiger partial charge in [-0.1, -0.05) is 49.8 Å². The van der Waals surface area contributed by atoms with E-state index in [1.165, 1.54) is 34.6 Å². The standard InChI is InChI=1S/C28H34N8O/c1-19(9-10-22-21(3)23(11-12-28(22,4)5)35-14-13-30-17-35)7-6-8-20(2)15-24(37)34-36-18-33-25-26(29)31-16-32-27(25)36/h6-10,13-18,23H,11-12H2,1-5H3,(H,34,37)(H2,29,31,32)/b8-6+,10-9+,19-7+,20-15+. The maximum absolute atomic E-state index is 12.4. The summed E-state index contributed by atoms with van der Waals surface area (Å²) in [7, 11) is 0. The van der Waals surface area contributed by atoms with Gasteiger partial charge in [0.05, 0.1) is 12.4 Å².